The Morgan fingerprint density at radius 2 is 1.89 bits per heavy atom. The van der Waals surface area contributed by atoms with E-state index in [4.69, 9.17) is 14.5 Å². The van der Waals surface area contributed by atoms with E-state index < -0.39 is 0 Å². The molecule has 35 heavy (non-hydrogen) atoms. The molecular formula is C26H23BrN2O4S2. The van der Waals surface area contributed by atoms with Crippen molar-refractivity contribution in [3.05, 3.63) is 73.3 Å². The first-order valence-corrected chi connectivity index (χ1v) is 13.8. The van der Waals surface area contributed by atoms with Crippen LogP contribution in [0.1, 0.15) is 33.6 Å². The molecule has 0 spiro atoms. The van der Waals surface area contributed by atoms with E-state index in [1.54, 1.807) is 48.3 Å². The van der Waals surface area contributed by atoms with Crippen molar-refractivity contribution >= 4 is 55.0 Å². The summed E-state index contributed by atoms with van der Waals surface area (Å²) >= 11 is 6.33. The Labute approximate surface area is 219 Å². The molecule has 2 aromatic carbocycles. The van der Waals surface area contributed by atoms with Crippen LogP contribution in [0.15, 0.2) is 56.9 Å². The van der Waals surface area contributed by atoms with Gasteiger partial charge in [0.15, 0.2) is 10.9 Å². The third-order valence-corrected chi connectivity index (χ3v) is 8.84. The molecule has 4 aromatic rings. The van der Waals surface area contributed by atoms with Crippen LogP contribution in [-0.2, 0) is 12.8 Å². The van der Waals surface area contributed by atoms with Gasteiger partial charge in [0.25, 0.3) is 5.56 Å². The molecular weight excluding hydrogens is 548 g/mol. The molecule has 0 amide bonds. The molecule has 6 nitrogen and oxygen atoms in total. The van der Waals surface area contributed by atoms with Crippen LogP contribution in [0.2, 0.25) is 0 Å². The van der Waals surface area contributed by atoms with E-state index in [9.17, 15) is 9.59 Å². The molecule has 0 radical (unpaired) electrons. The number of aryl methyl sites for hydroxylation is 2. The van der Waals surface area contributed by atoms with Gasteiger partial charge in [-0.1, -0.05) is 11.8 Å². The van der Waals surface area contributed by atoms with E-state index in [-0.39, 0.29) is 17.1 Å². The lowest BCUT2D eigenvalue weighted by Crippen LogP contribution is -2.22. The summed E-state index contributed by atoms with van der Waals surface area (Å²) in [6.45, 7) is 0. The van der Waals surface area contributed by atoms with Crippen LogP contribution in [-0.4, -0.2) is 35.3 Å². The van der Waals surface area contributed by atoms with Gasteiger partial charge >= 0.3 is 0 Å². The molecule has 1 aliphatic rings. The van der Waals surface area contributed by atoms with Gasteiger partial charge < -0.3 is 9.47 Å². The van der Waals surface area contributed by atoms with Crippen LogP contribution in [0.3, 0.4) is 0 Å². The quantitative estimate of drug-likeness (QED) is 0.152. The number of hydrogen-bond donors (Lipinski definition) is 0. The highest BCUT2D eigenvalue weighted by Gasteiger charge is 2.23. The highest BCUT2D eigenvalue weighted by atomic mass is 79.9. The molecule has 2 aromatic heterocycles. The van der Waals surface area contributed by atoms with Gasteiger partial charge in [0.05, 0.1) is 35.5 Å². The maximum Gasteiger partial charge on any atom is 0.267 e. The summed E-state index contributed by atoms with van der Waals surface area (Å²) in [5.41, 5.74) is 2.33. The van der Waals surface area contributed by atoms with Crippen molar-refractivity contribution in [2.24, 2.45) is 0 Å². The number of benzene rings is 2. The third-order valence-electron chi connectivity index (χ3n) is 6.09. The Hall–Kier alpha value is -2.62. The van der Waals surface area contributed by atoms with Gasteiger partial charge in [-0.3, -0.25) is 14.2 Å². The SMILES string of the molecule is COc1ccc(-n2c(SCC(=O)c3ccc(OC)c(Br)c3)nc3sc4c(c3c2=O)CCCC4)cc1. The van der Waals surface area contributed by atoms with Crippen molar-refractivity contribution in [2.75, 3.05) is 20.0 Å². The number of ketones is 1. The van der Waals surface area contributed by atoms with E-state index in [2.05, 4.69) is 15.9 Å². The standard InChI is InChI=1S/C26H23BrN2O4S2/c1-32-17-10-8-16(9-11-17)29-25(31)23-18-5-3-4-6-22(18)35-24(23)28-26(29)34-14-20(30)15-7-12-21(33-2)19(27)13-15/h7-13H,3-6,14H2,1-2H3. The summed E-state index contributed by atoms with van der Waals surface area (Å²) in [6, 6.07) is 12.6. The minimum Gasteiger partial charge on any atom is -0.497 e. The molecule has 180 valence electrons. The lowest BCUT2D eigenvalue weighted by Gasteiger charge is -2.14. The topological polar surface area (TPSA) is 70.4 Å². The summed E-state index contributed by atoms with van der Waals surface area (Å²) in [5.74, 6) is 1.46. The van der Waals surface area contributed by atoms with Gasteiger partial charge in [-0.2, -0.15) is 0 Å². The van der Waals surface area contributed by atoms with Crippen molar-refractivity contribution in [2.45, 2.75) is 30.8 Å². The third kappa shape index (κ3) is 4.64. The Balaban J connectivity index is 1.56. The van der Waals surface area contributed by atoms with Crippen LogP contribution in [0, 0.1) is 0 Å². The van der Waals surface area contributed by atoms with Gasteiger partial charge in [-0.25, -0.2) is 4.98 Å². The second-order valence-corrected chi connectivity index (χ2v) is 11.1. The predicted octanol–water partition coefficient (Wildman–Crippen LogP) is 6.08. The lowest BCUT2D eigenvalue weighted by atomic mass is 9.97. The largest absolute Gasteiger partial charge is 0.497 e. The van der Waals surface area contributed by atoms with E-state index in [0.29, 0.717) is 27.9 Å². The molecule has 0 atom stereocenters. The van der Waals surface area contributed by atoms with Crippen LogP contribution >= 0.6 is 39.0 Å². The number of ether oxygens (including phenoxy) is 2. The summed E-state index contributed by atoms with van der Waals surface area (Å²) in [6.07, 6.45) is 4.13. The van der Waals surface area contributed by atoms with Crippen molar-refractivity contribution in [3.8, 4) is 17.2 Å². The van der Waals surface area contributed by atoms with Crippen molar-refractivity contribution in [1.82, 2.24) is 9.55 Å². The first-order chi connectivity index (χ1) is 17.0. The maximum absolute atomic E-state index is 13.8. The monoisotopic (exact) mass is 570 g/mol. The molecule has 0 N–H and O–H groups in total. The first-order valence-electron chi connectivity index (χ1n) is 11.2. The fraction of sp³-hybridized carbons (Fsp3) is 0.269. The highest BCUT2D eigenvalue weighted by Crippen LogP contribution is 2.35. The zero-order chi connectivity index (χ0) is 24.5. The zero-order valence-corrected chi connectivity index (χ0v) is 22.5. The number of fused-ring (bicyclic) bond motifs is 3. The second kappa shape index (κ2) is 10.2. The molecule has 5 rings (SSSR count). The Bertz CT molecular complexity index is 1480. The highest BCUT2D eigenvalue weighted by molar-refractivity contribution is 9.10. The number of rotatable bonds is 7. The second-order valence-electron chi connectivity index (χ2n) is 8.19. The summed E-state index contributed by atoms with van der Waals surface area (Å²) in [4.78, 5) is 33.8. The maximum atomic E-state index is 13.8. The number of nitrogens with zero attached hydrogens (tertiary/aromatic N) is 2. The number of methoxy groups -OCH3 is 2. The summed E-state index contributed by atoms with van der Waals surface area (Å²) in [5, 5.41) is 1.22. The smallest absolute Gasteiger partial charge is 0.267 e. The van der Waals surface area contributed by atoms with E-state index >= 15 is 0 Å². The minimum absolute atomic E-state index is 0.0561. The normalized spacial score (nSPS) is 13.0. The zero-order valence-electron chi connectivity index (χ0n) is 19.3. The van der Waals surface area contributed by atoms with Gasteiger partial charge in [0.2, 0.25) is 0 Å². The van der Waals surface area contributed by atoms with Gasteiger partial charge in [0.1, 0.15) is 16.3 Å². The average Bonchev–Trinajstić information content (AvgIpc) is 3.26. The molecule has 0 aliphatic heterocycles. The Morgan fingerprint density at radius 3 is 2.60 bits per heavy atom. The lowest BCUT2D eigenvalue weighted by molar-refractivity contribution is 0.102. The van der Waals surface area contributed by atoms with Gasteiger partial charge in [0, 0.05) is 10.4 Å². The fourth-order valence-electron chi connectivity index (χ4n) is 4.30. The molecule has 0 bridgehead atoms. The number of halogens is 1. The Kier molecular flexibility index (Phi) is 7.00. The average molecular weight is 572 g/mol. The number of carbonyl (C=O) groups is 1. The van der Waals surface area contributed by atoms with E-state index in [1.165, 1.54) is 16.6 Å². The molecule has 2 heterocycles. The van der Waals surface area contributed by atoms with Gasteiger partial charge in [-0.05, 0) is 89.6 Å². The summed E-state index contributed by atoms with van der Waals surface area (Å²) in [7, 11) is 3.19. The molecule has 1 aliphatic carbocycles. The number of Topliss-reactive ketones (excluding diaryl/α,β-unsaturated/α-hetero) is 1. The van der Waals surface area contributed by atoms with Crippen molar-refractivity contribution in [1.29, 1.82) is 0 Å². The number of hydrogen-bond acceptors (Lipinski definition) is 7. The first kappa shape index (κ1) is 24.1. The number of aromatic nitrogens is 2. The molecule has 0 saturated heterocycles. The minimum atomic E-state index is -0.0818. The molecule has 9 heteroatoms. The summed E-state index contributed by atoms with van der Waals surface area (Å²) < 4.78 is 12.9. The number of thioether (sulfide) groups is 1. The fourth-order valence-corrected chi connectivity index (χ4v) is 7.05. The molecule has 0 fully saturated rings. The van der Waals surface area contributed by atoms with Crippen LogP contribution in [0.25, 0.3) is 15.9 Å². The predicted molar refractivity (Wildman–Crippen MR) is 144 cm³/mol. The van der Waals surface area contributed by atoms with Crippen LogP contribution < -0.4 is 15.0 Å². The Morgan fingerprint density at radius 1 is 1.11 bits per heavy atom. The number of thiophene rings is 1. The van der Waals surface area contributed by atoms with Crippen LogP contribution in [0.5, 0.6) is 11.5 Å². The molecule has 0 saturated carbocycles. The van der Waals surface area contributed by atoms with E-state index in [1.807, 2.05) is 24.3 Å². The van der Waals surface area contributed by atoms with Crippen LogP contribution in [0.4, 0.5) is 0 Å². The van der Waals surface area contributed by atoms with Crippen molar-refractivity contribution < 1.29 is 14.3 Å². The van der Waals surface area contributed by atoms with Gasteiger partial charge in [-0.15, -0.1) is 11.3 Å². The van der Waals surface area contributed by atoms with E-state index in [0.717, 1.165) is 45.9 Å². The number of carbonyl (C=O) groups excluding carboxylic acids is 1. The van der Waals surface area contributed by atoms with Crippen molar-refractivity contribution in [3.63, 3.8) is 0 Å². The molecule has 0 unspecified atom stereocenters.